The van der Waals surface area contributed by atoms with Crippen molar-refractivity contribution in [3.63, 3.8) is 0 Å². The van der Waals surface area contributed by atoms with E-state index in [0.717, 1.165) is 22.1 Å². The zero-order chi connectivity index (χ0) is 18.4. The van der Waals surface area contributed by atoms with Crippen LogP contribution in [0.25, 0.3) is 38.9 Å². The van der Waals surface area contributed by atoms with E-state index < -0.39 is 0 Å². The van der Waals surface area contributed by atoms with Gasteiger partial charge in [-0.15, -0.1) is 0 Å². The van der Waals surface area contributed by atoms with Gasteiger partial charge in [0.2, 0.25) is 0 Å². The predicted molar refractivity (Wildman–Crippen MR) is 108 cm³/mol. The first-order valence-corrected chi connectivity index (χ1v) is 8.54. The molecule has 2 heterocycles. The van der Waals surface area contributed by atoms with Gasteiger partial charge in [0.15, 0.2) is 11.5 Å². The molecule has 3 aromatic carbocycles. The Bertz CT molecular complexity index is 1300. The van der Waals surface area contributed by atoms with Gasteiger partial charge in [-0.25, -0.2) is 14.6 Å². The zero-order valence-electron chi connectivity index (χ0n) is 14.4. The lowest BCUT2D eigenvalue weighted by Crippen LogP contribution is -2.00. The van der Waals surface area contributed by atoms with E-state index >= 15 is 0 Å². The standard InChI is InChI=1S/C21H16N6/c22-16-6-8-19(23)18(10-16)20-24-11-15-12-25-27(21(15)26-20)17-7-5-13-3-1-2-4-14(13)9-17/h1-12H,22-23H2. The first-order valence-electron chi connectivity index (χ1n) is 8.54. The fourth-order valence-electron chi connectivity index (χ4n) is 3.21. The van der Waals surface area contributed by atoms with Crippen molar-refractivity contribution in [3.8, 4) is 17.1 Å². The van der Waals surface area contributed by atoms with Crippen molar-refractivity contribution in [1.29, 1.82) is 0 Å². The Balaban J connectivity index is 1.70. The van der Waals surface area contributed by atoms with Gasteiger partial charge in [-0.05, 0) is 41.1 Å². The first kappa shape index (κ1) is 15.3. The van der Waals surface area contributed by atoms with Crippen LogP contribution < -0.4 is 11.5 Å². The van der Waals surface area contributed by atoms with Gasteiger partial charge < -0.3 is 11.5 Å². The fourth-order valence-corrected chi connectivity index (χ4v) is 3.21. The summed E-state index contributed by atoms with van der Waals surface area (Å²) in [4.78, 5) is 9.15. The first-order chi connectivity index (χ1) is 13.2. The predicted octanol–water partition coefficient (Wildman–Crippen LogP) is 3.80. The smallest absolute Gasteiger partial charge is 0.166 e. The van der Waals surface area contributed by atoms with Gasteiger partial charge in [-0.1, -0.05) is 30.3 Å². The highest BCUT2D eigenvalue weighted by atomic mass is 15.3. The van der Waals surface area contributed by atoms with E-state index in [4.69, 9.17) is 16.5 Å². The minimum atomic E-state index is 0.523. The van der Waals surface area contributed by atoms with E-state index in [9.17, 15) is 0 Å². The molecule has 0 radical (unpaired) electrons. The van der Waals surface area contributed by atoms with Crippen LogP contribution in [-0.2, 0) is 0 Å². The van der Waals surface area contributed by atoms with E-state index in [1.54, 1.807) is 30.6 Å². The van der Waals surface area contributed by atoms with E-state index in [0.29, 0.717) is 22.8 Å². The summed E-state index contributed by atoms with van der Waals surface area (Å²) >= 11 is 0. The average Bonchev–Trinajstić information content (AvgIpc) is 3.12. The summed E-state index contributed by atoms with van der Waals surface area (Å²) in [5.41, 5.74) is 15.6. The average molecular weight is 352 g/mol. The highest BCUT2D eigenvalue weighted by Crippen LogP contribution is 2.27. The van der Waals surface area contributed by atoms with Crippen molar-refractivity contribution in [2.45, 2.75) is 0 Å². The normalized spacial score (nSPS) is 11.3. The number of anilines is 2. The monoisotopic (exact) mass is 352 g/mol. The minimum absolute atomic E-state index is 0.523. The minimum Gasteiger partial charge on any atom is -0.399 e. The molecule has 0 unspecified atom stereocenters. The molecule has 0 saturated heterocycles. The molecule has 0 spiro atoms. The molecular weight excluding hydrogens is 336 g/mol. The quantitative estimate of drug-likeness (QED) is 0.471. The van der Waals surface area contributed by atoms with Gasteiger partial charge >= 0.3 is 0 Å². The highest BCUT2D eigenvalue weighted by Gasteiger charge is 2.12. The third-order valence-corrected chi connectivity index (χ3v) is 4.60. The van der Waals surface area contributed by atoms with Gasteiger partial charge in [-0.3, -0.25) is 0 Å². The van der Waals surface area contributed by atoms with Crippen LogP contribution in [0.15, 0.2) is 73.1 Å². The van der Waals surface area contributed by atoms with Crippen molar-refractivity contribution >= 4 is 33.2 Å². The SMILES string of the molecule is Nc1ccc(N)c(-c2ncc3cnn(-c4ccc5ccccc5c4)c3n2)c1. The molecular formula is C21H16N6. The molecule has 4 N–H and O–H groups in total. The number of hydrogen-bond donors (Lipinski definition) is 2. The lowest BCUT2D eigenvalue weighted by molar-refractivity contribution is 0.897. The Kier molecular flexibility index (Phi) is 3.30. The number of nitrogens with zero attached hydrogens (tertiary/aromatic N) is 4. The number of nitrogens with two attached hydrogens (primary N) is 2. The maximum Gasteiger partial charge on any atom is 0.166 e. The summed E-state index contributed by atoms with van der Waals surface area (Å²) in [5, 5.41) is 7.69. The number of hydrogen-bond acceptors (Lipinski definition) is 5. The van der Waals surface area contributed by atoms with Gasteiger partial charge in [0.05, 0.1) is 17.3 Å². The molecule has 5 rings (SSSR count). The number of aromatic nitrogens is 4. The van der Waals surface area contributed by atoms with Crippen LogP contribution in [0, 0.1) is 0 Å². The molecule has 130 valence electrons. The summed E-state index contributed by atoms with van der Waals surface area (Å²) in [6, 6.07) is 19.7. The fraction of sp³-hybridized carbons (Fsp3) is 0. The van der Waals surface area contributed by atoms with Gasteiger partial charge in [0.25, 0.3) is 0 Å². The Morgan fingerprint density at radius 1 is 0.778 bits per heavy atom. The molecule has 0 bridgehead atoms. The third-order valence-electron chi connectivity index (χ3n) is 4.60. The molecule has 0 aliphatic rings. The topological polar surface area (TPSA) is 95.6 Å². The Morgan fingerprint density at radius 2 is 1.63 bits per heavy atom. The second-order valence-corrected chi connectivity index (χ2v) is 6.41. The van der Waals surface area contributed by atoms with E-state index in [1.807, 2.05) is 22.9 Å². The third kappa shape index (κ3) is 2.55. The van der Waals surface area contributed by atoms with Crippen molar-refractivity contribution in [1.82, 2.24) is 19.7 Å². The summed E-state index contributed by atoms with van der Waals surface area (Å²) in [6.07, 6.45) is 3.52. The molecule has 6 heteroatoms. The number of fused-ring (bicyclic) bond motifs is 2. The van der Waals surface area contributed by atoms with Gasteiger partial charge in [-0.2, -0.15) is 5.10 Å². The highest BCUT2D eigenvalue weighted by molar-refractivity contribution is 5.86. The van der Waals surface area contributed by atoms with Crippen LogP contribution in [-0.4, -0.2) is 19.7 Å². The summed E-state index contributed by atoms with van der Waals surface area (Å²) in [7, 11) is 0. The van der Waals surface area contributed by atoms with Gasteiger partial charge in [0.1, 0.15) is 0 Å². The van der Waals surface area contributed by atoms with Crippen molar-refractivity contribution in [2.24, 2.45) is 0 Å². The van der Waals surface area contributed by atoms with E-state index in [-0.39, 0.29) is 0 Å². The van der Waals surface area contributed by atoms with Crippen LogP contribution in [0.5, 0.6) is 0 Å². The van der Waals surface area contributed by atoms with Crippen molar-refractivity contribution < 1.29 is 0 Å². The molecule has 0 amide bonds. The van der Waals surface area contributed by atoms with Crippen LogP contribution in [0.4, 0.5) is 11.4 Å². The number of benzene rings is 3. The molecule has 6 nitrogen and oxygen atoms in total. The van der Waals surface area contributed by atoms with E-state index in [2.05, 4.69) is 34.3 Å². The molecule has 2 aromatic heterocycles. The van der Waals surface area contributed by atoms with Crippen molar-refractivity contribution in [2.75, 3.05) is 11.5 Å². The molecule has 27 heavy (non-hydrogen) atoms. The largest absolute Gasteiger partial charge is 0.399 e. The molecule has 5 aromatic rings. The Morgan fingerprint density at radius 3 is 2.52 bits per heavy atom. The maximum absolute atomic E-state index is 6.09. The molecule has 0 saturated carbocycles. The lowest BCUT2D eigenvalue weighted by atomic mass is 10.1. The van der Waals surface area contributed by atoms with Crippen LogP contribution in [0.2, 0.25) is 0 Å². The van der Waals surface area contributed by atoms with Crippen LogP contribution >= 0.6 is 0 Å². The van der Waals surface area contributed by atoms with Crippen LogP contribution in [0.1, 0.15) is 0 Å². The Labute approximate surface area is 155 Å². The van der Waals surface area contributed by atoms with E-state index in [1.165, 1.54) is 5.39 Å². The van der Waals surface area contributed by atoms with Crippen molar-refractivity contribution in [3.05, 3.63) is 73.1 Å². The van der Waals surface area contributed by atoms with Crippen LogP contribution in [0.3, 0.4) is 0 Å². The molecule has 0 aliphatic carbocycles. The molecule has 0 fully saturated rings. The molecule has 0 atom stereocenters. The summed E-state index contributed by atoms with van der Waals surface area (Å²) in [6.45, 7) is 0. The second-order valence-electron chi connectivity index (χ2n) is 6.41. The number of rotatable bonds is 2. The Hall–Kier alpha value is -3.93. The number of nitrogen functional groups attached to an aromatic ring is 2. The summed E-state index contributed by atoms with van der Waals surface area (Å²) < 4.78 is 1.81. The lowest BCUT2D eigenvalue weighted by Gasteiger charge is -2.08. The maximum atomic E-state index is 6.09. The molecule has 0 aliphatic heterocycles. The second kappa shape index (κ2) is 5.81. The van der Waals surface area contributed by atoms with Gasteiger partial charge in [0, 0.05) is 23.1 Å². The zero-order valence-corrected chi connectivity index (χ0v) is 14.4. The summed E-state index contributed by atoms with van der Waals surface area (Å²) in [5.74, 6) is 0.523.